The van der Waals surface area contributed by atoms with Gasteiger partial charge in [-0.05, 0) is 12.1 Å². The molecule has 43 valence electrons. The number of aromatic hydroxyl groups is 1. The monoisotopic (exact) mass is 148 g/mol. The Morgan fingerprint density at radius 1 is 1.33 bits per heavy atom. The van der Waals surface area contributed by atoms with Crippen LogP contribution in [0.5, 0.6) is 5.75 Å². The summed E-state index contributed by atoms with van der Waals surface area (Å²) in [6.45, 7) is 0. The minimum absolute atomic E-state index is 0. The van der Waals surface area contributed by atoms with Crippen molar-refractivity contribution in [2.24, 2.45) is 0 Å². The van der Waals surface area contributed by atoms with Gasteiger partial charge >= 0.3 is 0 Å². The molecule has 0 fully saturated rings. The second-order valence-corrected chi connectivity index (χ2v) is 1.59. The van der Waals surface area contributed by atoms with Crippen molar-refractivity contribution < 1.29 is 5.11 Å². The van der Waals surface area contributed by atoms with Crippen LogP contribution < -0.4 is 5.73 Å². The van der Waals surface area contributed by atoms with Crippen molar-refractivity contribution in [3.63, 3.8) is 0 Å². The first-order valence-electron chi connectivity index (χ1n) is 2.33. The summed E-state index contributed by atoms with van der Waals surface area (Å²) in [6, 6.07) is 6.50. The Balaban J connectivity index is 0.000000640. The maximum Gasteiger partial charge on any atom is 0.117 e. The van der Waals surface area contributed by atoms with Gasteiger partial charge in [-0.2, -0.15) is 0 Å². The number of benzene rings is 1. The number of nitrogen functional groups attached to an aromatic ring is 1. The largest absolute Gasteiger partial charge is 0.508 e. The van der Waals surface area contributed by atoms with E-state index in [4.69, 9.17) is 10.8 Å². The number of rotatable bonds is 0. The van der Waals surface area contributed by atoms with Gasteiger partial charge in [0.1, 0.15) is 5.75 Å². The van der Waals surface area contributed by atoms with Crippen LogP contribution in [0.1, 0.15) is 0 Å². The molecule has 0 aromatic heterocycles. The molecule has 0 atom stereocenters. The van der Waals surface area contributed by atoms with Crippen LogP contribution in [0, 0.1) is 0 Å². The van der Waals surface area contributed by atoms with E-state index in [2.05, 4.69) is 0 Å². The van der Waals surface area contributed by atoms with Gasteiger partial charge in [0.15, 0.2) is 0 Å². The molecule has 9 heavy (non-hydrogen) atoms. The van der Waals surface area contributed by atoms with Crippen LogP contribution in [0.25, 0.3) is 0 Å². The summed E-state index contributed by atoms with van der Waals surface area (Å²) in [5.74, 6) is 0.213. The van der Waals surface area contributed by atoms with Crippen molar-refractivity contribution in [2.75, 3.05) is 5.73 Å². The van der Waals surface area contributed by atoms with Crippen molar-refractivity contribution in [1.82, 2.24) is 0 Å². The molecule has 1 aromatic rings. The van der Waals surface area contributed by atoms with Crippen LogP contribution in [0.2, 0.25) is 0 Å². The Morgan fingerprint density at radius 3 is 2.33 bits per heavy atom. The molecule has 0 amide bonds. The van der Waals surface area contributed by atoms with Crippen LogP contribution in [0.15, 0.2) is 24.3 Å². The van der Waals surface area contributed by atoms with Gasteiger partial charge < -0.3 is 10.8 Å². The van der Waals surface area contributed by atoms with Crippen molar-refractivity contribution >= 4 is 57.1 Å². The Labute approximate surface area is 96.5 Å². The van der Waals surface area contributed by atoms with E-state index in [9.17, 15) is 0 Å². The predicted octanol–water partition coefficient (Wildman–Crippen LogP) is 0.594. The fourth-order valence-electron chi connectivity index (χ4n) is 0.525. The van der Waals surface area contributed by atoms with E-state index in [0.29, 0.717) is 5.69 Å². The van der Waals surface area contributed by atoms with Gasteiger partial charge in [0.2, 0.25) is 0 Å². The molecule has 0 aliphatic rings. The average molecular weight is 148 g/mol. The van der Waals surface area contributed by atoms with E-state index in [1.54, 1.807) is 18.2 Å². The maximum atomic E-state index is 8.73. The van der Waals surface area contributed by atoms with Gasteiger partial charge in [-0.25, -0.2) is 0 Å². The predicted molar refractivity (Wildman–Crippen MR) is 38.3 cm³/mol. The summed E-state index contributed by atoms with van der Waals surface area (Å²) in [5.41, 5.74) is 5.89. The summed E-state index contributed by atoms with van der Waals surface area (Å²) < 4.78 is 0. The molecule has 0 saturated heterocycles. The van der Waals surface area contributed by atoms with Gasteiger partial charge in [-0.15, -0.1) is 0 Å². The number of phenolic OH excluding ortho intramolecular Hbond substituents is 1. The third kappa shape index (κ3) is 3.22. The molecule has 0 aliphatic heterocycles. The van der Waals surface area contributed by atoms with E-state index in [1.807, 2.05) is 0 Å². The SMILES string of the molecule is Nc1cccc(O)c1.[K]. The van der Waals surface area contributed by atoms with E-state index < -0.39 is 0 Å². The van der Waals surface area contributed by atoms with Crippen LogP contribution in [0.3, 0.4) is 0 Å². The molecular formula is C6H7KNO. The van der Waals surface area contributed by atoms with Crippen molar-refractivity contribution in [1.29, 1.82) is 0 Å². The summed E-state index contributed by atoms with van der Waals surface area (Å²) in [5, 5.41) is 8.73. The summed E-state index contributed by atoms with van der Waals surface area (Å²) in [7, 11) is 0. The first kappa shape index (κ1) is 9.46. The molecule has 0 spiro atoms. The Bertz CT molecular complexity index is 173. The third-order valence-electron chi connectivity index (χ3n) is 0.870. The number of nitrogens with two attached hydrogens (primary N) is 1. The molecule has 0 saturated carbocycles. The average Bonchev–Trinajstić information content (AvgIpc) is 1.64. The van der Waals surface area contributed by atoms with Crippen LogP contribution in [0.4, 0.5) is 5.69 Å². The minimum Gasteiger partial charge on any atom is -0.508 e. The molecular weight excluding hydrogens is 141 g/mol. The number of hydrogen-bond acceptors (Lipinski definition) is 2. The second kappa shape index (κ2) is 4.30. The van der Waals surface area contributed by atoms with Gasteiger partial charge in [0.05, 0.1) is 0 Å². The molecule has 2 nitrogen and oxygen atoms in total. The molecule has 1 radical (unpaired) electrons. The summed E-state index contributed by atoms with van der Waals surface area (Å²) >= 11 is 0. The molecule has 3 heteroatoms. The van der Waals surface area contributed by atoms with Crippen molar-refractivity contribution in [3.8, 4) is 5.75 Å². The quantitative estimate of drug-likeness (QED) is 0.418. The van der Waals surface area contributed by atoms with Crippen molar-refractivity contribution in [2.45, 2.75) is 0 Å². The Morgan fingerprint density at radius 2 is 2.00 bits per heavy atom. The Hall–Kier alpha value is 0.456. The number of phenols is 1. The first-order chi connectivity index (χ1) is 3.79. The summed E-state index contributed by atoms with van der Waals surface area (Å²) in [6.07, 6.45) is 0. The van der Waals surface area contributed by atoms with E-state index >= 15 is 0 Å². The Kier molecular flexibility index (Phi) is 4.52. The molecule has 1 rings (SSSR count). The third-order valence-corrected chi connectivity index (χ3v) is 0.870. The molecule has 0 aliphatic carbocycles. The molecule has 3 N–H and O–H groups in total. The smallest absolute Gasteiger partial charge is 0.117 e. The zero-order valence-corrected chi connectivity index (χ0v) is 8.46. The molecule has 0 heterocycles. The van der Waals surface area contributed by atoms with Crippen LogP contribution in [-0.2, 0) is 0 Å². The standard InChI is InChI=1S/C6H7NO.K/c7-5-2-1-3-6(8)4-5;/h1-4,8H,7H2;. The van der Waals surface area contributed by atoms with E-state index in [0.717, 1.165) is 0 Å². The molecule has 1 aromatic carbocycles. The van der Waals surface area contributed by atoms with Crippen LogP contribution >= 0.6 is 0 Å². The van der Waals surface area contributed by atoms with E-state index in [1.165, 1.54) is 6.07 Å². The zero-order valence-electron chi connectivity index (χ0n) is 5.33. The zero-order chi connectivity index (χ0) is 5.98. The minimum atomic E-state index is 0. The van der Waals surface area contributed by atoms with Crippen molar-refractivity contribution in [3.05, 3.63) is 24.3 Å². The number of anilines is 1. The second-order valence-electron chi connectivity index (χ2n) is 1.59. The van der Waals surface area contributed by atoms with Gasteiger partial charge in [-0.3, -0.25) is 0 Å². The molecule has 0 unspecified atom stereocenters. The number of hydrogen-bond donors (Lipinski definition) is 2. The van der Waals surface area contributed by atoms with E-state index in [-0.39, 0.29) is 57.1 Å². The normalized spacial score (nSPS) is 8.00. The fourth-order valence-corrected chi connectivity index (χ4v) is 0.525. The fraction of sp³-hybridized carbons (Fsp3) is 0. The maximum absolute atomic E-state index is 8.73. The first-order valence-corrected chi connectivity index (χ1v) is 2.33. The van der Waals surface area contributed by atoms with Gasteiger partial charge in [0, 0.05) is 63.1 Å². The van der Waals surface area contributed by atoms with Gasteiger partial charge in [0.25, 0.3) is 0 Å². The van der Waals surface area contributed by atoms with Crippen LogP contribution in [-0.4, -0.2) is 56.5 Å². The topological polar surface area (TPSA) is 46.2 Å². The summed E-state index contributed by atoms with van der Waals surface area (Å²) in [4.78, 5) is 0. The molecule has 0 bridgehead atoms. The van der Waals surface area contributed by atoms with Gasteiger partial charge in [-0.1, -0.05) is 6.07 Å².